The van der Waals surface area contributed by atoms with Crippen LogP contribution in [-0.2, 0) is 6.54 Å². The number of nitrogens with zero attached hydrogens (tertiary/aromatic N) is 2. The van der Waals surface area contributed by atoms with E-state index < -0.39 is 0 Å². The van der Waals surface area contributed by atoms with Crippen LogP contribution >= 0.6 is 0 Å². The number of carbonyl (C=O) groups excluding carboxylic acids is 1. The zero-order valence-electron chi connectivity index (χ0n) is 20.5. The average Bonchev–Trinajstić information content (AvgIpc) is 3.29. The summed E-state index contributed by atoms with van der Waals surface area (Å²) in [6.07, 6.45) is 2.17. The maximum atomic E-state index is 13.4. The van der Waals surface area contributed by atoms with Crippen molar-refractivity contribution in [3.05, 3.63) is 69.5 Å². The van der Waals surface area contributed by atoms with E-state index in [2.05, 4.69) is 28.2 Å². The smallest absolute Gasteiger partial charge is 0.322 e. The Balaban J connectivity index is 1.63. The molecule has 180 valence electrons. The van der Waals surface area contributed by atoms with E-state index >= 15 is 0 Å². The van der Waals surface area contributed by atoms with Gasteiger partial charge in [-0.25, -0.2) is 4.79 Å². The van der Waals surface area contributed by atoms with Crippen molar-refractivity contribution in [2.24, 2.45) is 0 Å². The summed E-state index contributed by atoms with van der Waals surface area (Å²) in [6.45, 7) is 8.99. The third kappa shape index (κ3) is 5.09. The monoisotopic (exact) mass is 462 g/mol. The van der Waals surface area contributed by atoms with Crippen molar-refractivity contribution < 1.29 is 9.53 Å². The Hall–Kier alpha value is -3.32. The number of hydrogen-bond acceptors (Lipinski definition) is 4. The van der Waals surface area contributed by atoms with Crippen LogP contribution in [0.25, 0.3) is 10.9 Å². The zero-order chi connectivity index (χ0) is 24.2. The molecule has 4 rings (SSSR count). The van der Waals surface area contributed by atoms with Crippen LogP contribution < -0.4 is 15.6 Å². The van der Waals surface area contributed by atoms with Crippen LogP contribution in [0, 0.1) is 13.8 Å². The fraction of sp³-hybridized carbons (Fsp3) is 0.407. The van der Waals surface area contributed by atoms with Crippen LogP contribution in [0.1, 0.15) is 36.5 Å². The summed E-state index contributed by atoms with van der Waals surface area (Å²) >= 11 is 0. The number of aromatic nitrogens is 1. The standard InChI is InChI=1S/C27H34N4O3/c1-5-30-14-6-7-22(30)17-31(27(33)28-21-10-12-23(34-4)13-11-21)16-20-15-24-18(2)8-9-19(3)25(24)29-26(20)32/h8-13,15,22H,5-7,14,16-17H2,1-4H3,(H,28,33)(H,29,32)/t22-/m1/s1. The van der Waals surface area contributed by atoms with Crippen molar-refractivity contribution in [3.63, 3.8) is 0 Å². The molecule has 2 amide bonds. The predicted molar refractivity (Wildman–Crippen MR) is 137 cm³/mol. The molecule has 1 fully saturated rings. The zero-order valence-corrected chi connectivity index (χ0v) is 20.5. The Morgan fingerprint density at radius 2 is 1.91 bits per heavy atom. The lowest BCUT2D eigenvalue weighted by atomic mass is 10.0. The molecule has 7 heteroatoms. The van der Waals surface area contributed by atoms with E-state index in [-0.39, 0.29) is 24.2 Å². The van der Waals surface area contributed by atoms with Crippen LogP contribution in [-0.4, -0.2) is 53.6 Å². The number of amides is 2. The number of aromatic amines is 1. The predicted octanol–water partition coefficient (Wildman–Crippen LogP) is 4.67. The Morgan fingerprint density at radius 1 is 1.18 bits per heavy atom. The molecule has 1 aromatic heterocycles. The number of methoxy groups -OCH3 is 1. The van der Waals surface area contributed by atoms with Gasteiger partial charge in [-0.15, -0.1) is 0 Å². The van der Waals surface area contributed by atoms with Crippen molar-refractivity contribution in [1.82, 2.24) is 14.8 Å². The topological polar surface area (TPSA) is 77.7 Å². The second kappa shape index (κ2) is 10.3. The van der Waals surface area contributed by atoms with E-state index in [4.69, 9.17) is 4.74 Å². The normalized spacial score (nSPS) is 16.1. The Morgan fingerprint density at radius 3 is 2.62 bits per heavy atom. The third-order valence-corrected chi connectivity index (χ3v) is 6.85. The molecule has 2 aromatic carbocycles. The third-order valence-electron chi connectivity index (χ3n) is 6.85. The maximum Gasteiger partial charge on any atom is 0.322 e. The number of likely N-dealkylation sites (N-methyl/N-ethyl adjacent to an activating group) is 1. The van der Waals surface area contributed by atoms with Gasteiger partial charge in [-0.2, -0.15) is 0 Å². The Kier molecular flexibility index (Phi) is 7.22. The average molecular weight is 463 g/mol. The highest BCUT2D eigenvalue weighted by Crippen LogP contribution is 2.23. The number of H-pyrrole nitrogens is 1. The van der Waals surface area contributed by atoms with Gasteiger partial charge in [0.15, 0.2) is 0 Å². The summed E-state index contributed by atoms with van der Waals surface area (Å²) in [5.41, 5.74) is 4.11. The lowest BCUT2D eigenvalue weighted by molar-refractivity contribution is 0.174. The molecule has 2 heterocycles. The second-order valence-electron chi connectivity index (χ2n) is 9.08. The molecule has 0 saturated carbocycles. The lowest BCUT2D eigenvalue weighted by Gasteiger charge is -2.30. The first-order valence-electron chi connectivity index (χ1n) is 12.0. The highest BCUT2D eigenvalue weighted by molar-refractivity contribution is 5.89. The van der Waals surface area contributed by atoms with Gasteiger partial charge in [0.25, 0.3) is 5.56 Å². The Bertz CT molecular complexity index is 1220. The highest BCUT2D eigenvalue weighted by atomic mass is 16.5. The number of urea groups is 1. The fourth-order valence-electron chi connectivity index (χ4n) is 4.81. The van der Waals surface area contributed by atoms with Gasteiger partial charge in [-0.3, -0.25) is 9.69 Å². The molecule has 3 aromatic rings. The van der Waals surface area contributed by atoms with E-state index in [1.165, 1.54) is 0 Å². The number of pyridine rings is 1. The van der Waals surface area contributed by atoms with Crippen LogP contribution in [0.2, 0.25) is 0 Å². The van der Waals surface area contributed by atoms with Gasteiger partial charge in [0, 0.05) is 29.2 Å². The molecule has 0 bridgehead atoms. The first-order chi connectivity index (χ1) is 16.4. The van der Waals surface area contributed by atoms with E-state index in [9.17, 15) is 9.59 Å². The summed E-state index contributed by atoms with van der Waals surface area (Å²) < 4.78 is 5.21. The number of anilines is 1. The van der Waals surface area contributed by atoms with Crippen LogP contribution in [0.15, 0.2) is 47.3 Å². The summed E-state index contributed by atoms with van der Waals surface area (Å²) in [7, 11) is 1.61. The first kappa shape index (κ1) is 23.8. The fourth-order valence-corrected chi connectivity index (χ4v) is 4.81. The van der Waals surface area contributed by atoms with Gasteiger partial charge in [-0.05, 0) is 81.2 Å². The molecule has 0 aliphatic carbocycles. The number of aryl methyl sites for hydroxylation is 2. The first-order valence-corrected chi connectivity index (χ1v) is 12.0. The van der Waals surface area contributed by atoms with E-state index in [1.54, 1.807) is 12.0 Å². The minimum Gasteiger partial charge on any atom is -0.497 e. The quantitative estimate of drug-likeness (QED) is 0.535. The van der Waals surface area contributed by atoms with Crippen molar-refractivity contribution in [3.8, 4) is 5.75 Å². The van der Waals surface area contributed by atoms with Crippen molar-refractivity contribution >= 4 is 22.6 Å². The second-order valence-corrected chi connectivity index (χ2v) is 9.08. The minimum absolute atomic E-state index is 0.151. The lowest BCUT2D eigenvalue weighted by Crippen LogP contribution is -2.45. The van der Waals surface area contributed by atoms with Gasteiger partial charge < -0.3 is 19.9 Å². The van der Waals surface area contributed by atoms with Gasteiger partial charge in [0.2, 0.25) is 0 Å². The van der Waals surface area contributed by atoms with Crippen LogP contribution in [0.4, 0.5) is 10.5 Å². The molecule has 1 saturated heterocycles. The SMILES string of the molecule is CCN1CCC[C@@H]1CN(Cc1cc2c(C)ccc(C)c2[nH]c1=O)C(=O)Nc1ccc(OC)cc1. The summed E-state index contributed by atoms with van der Waals surface area (Å²) in [6, 6.07) is 13.4. The van der Waals surface area contributed by atoms with E-state index in [1.807, 2.05) is 50.2 Å². The van der Waals surface area contributed by atoms with Crippen LogP contribution in [0.3, 0.4) is 0 Å². The van der Waals surface area contributed by atoms with Crippen molar-refractivity contribution in [2.45, 2.75) is 46.2 Å². The van der Waals surface area contributed by atoms with Gasteiger partial charge in [0.05, 0.1) is 19.2 Å². The molecule has 34 heavy (non-hydrogen) atoms. The number of fused-ring (bicyclic) bond motifs is 1. The maximum absolute atomic E-state index is 13.4. The number of carbonyl (C=O) groups is 1. The van der Waals surface area contributed by atoms with Crippen molar-refractivity contribution in [1.29, 1.82) is 0 Å². The molecular weight excluding hydrogens is 428 g/mol. The van der Waals surface area contributed by atoms with Crippen molar-refractivity contribution in [2.75, 3.05) is 32.1 Å². The van der Waals surface area contributed by atoms with Gasteiger partial charge >= 0.3 is 6.03 Å². The molecule has 0 spiro atoms. The highest BCUT2D eigenvalue weighted by Gasteiger charge is 2.28. The number of ether oxygens (including phenoxy) is 1. The molecule has 1 aliphatic rings. The number of nitrogens with one attached hydrogen (secondary N) is 2. The number of hydrogen-bond donors (Lipinski definition) is 2. The van der Waals surface area contributed by atoms with E-state index in [0.29, 0.717) is 17.8 Å². The largest absolute Gasteiger partial charge is 0.497 e. The number of rotatable bonds is 7. The molecule has 1 atom stereocenters. The van der Waals surface area contributed by atoms with Crippen LogP contribution in [0.5, 0.6) is 5.75 Å². The Labute approximate surface area is 200 Å². The molecular formula is C27H34N4O3. The molecule has 1 aliphatic heterocycles. The number of benzene rings is 2. The summed E-state index contributed by atoms with van der Waals surface area (Å²) in [5, 5.41) is 4.01. The van der Waals surface area contributed by atoms with E-state index in [0.717, 1.165) is 53.7 Å². The van der Waals surface area contributed by atoms with Gasteiger partial charge in [0.1, 0.15) is 5.75 Å². The molecule has 0 unspecified atom stereocenters. The summed E-state index contributed by atoms with van der Waals surface area (Å²) in [5.74, 6) is 0.729. The molecule has 0 radical (unpaired) electrons. The molecule has 7 nitrogen and oxygen atoms in total. The number of likely N-dealkylation sites (tertiary alicyclic amines) is 1. The molecule has 2 N–H and O–H groups in total. The summed E-state index contributed by atoms with van der Waals surface area (Å²) in [4.78, 5) is 33.6. The minimum atomic E-state index is -0.214. The van der Waals surface area contributed by atoms with Gasteiger partial charge in [-0.1, -0.05) is 19.1 Å².